The van der Waals surface area contributed by atoms with Crippen LogP contribution >= 0.6 is 0 Å². The average Bonchev–Trinajstić information content (AvgIpc) is 1.80. The normalized spacial score (nSPS) is 17.4. The van der Waals surface area contributed by atoms with E-state index in [1.807, 2.05) is 33.8 Å². The summed E-state index contributed by atoms with van der Waals surface area (Å²) in [6.07, 6.45) is -0.221. The molecular weight excluding hydrogens is 1280 g/mol. The van der Waals surface area contributed by atoms with E-state index in [1.165, 1.54) is 57.4 Å². The number of carbonyl (C=O) groups is 13. The summed E-state index contributed by atoms with van der Waals surface area (Å²) in [4.78, 5) is 178. The van der Waals surface area contributed by atoms with Gasteiger partial charge in [0.25, 0.3) is 11.8 Å². The van der Waals surface area contributed by atoms with Crippen LogP contribution in [-0.4, -0.2) is 214 Å². The molecule has 9 N–H and O–H groups in total. The van der Waals surface area contributed by atoms with Gasteiger partial charge >= 0.3 is 18.0 Å². The van der Waals surface area contributed by atoms with Crippen LogP contribution in [0.15, 0.2) is 66.7 Å². The molecule has 2 aliphatic rings. The van der Waals surface area contributed by atoms with Crippen LogP contribution in [0.25, 0.3) is 0 Å². The predicted octanol–water partition coefficient (Wildman–Crippen LogP) is 3.92. The van der Waals surface area contributed by atoms with E-state index < -0.39 is 162 Å². The summed E-state index contributed by atoms with van der Waals surface area (Å²) in [5, 5.41) is 46.1. The van der Waals surface area contributed by atoms with Gasteiger partial charge in [-0.3, -0.25) is 67.3 Å². The molecular formula is C70H104N10O19. The van der Waals surface area contributed by atoms with Crippen LogP contribution in [0.4, 0.5) is 10.5 Å². The van der Waals surface area contributed by atoms with Gasteiger partial charge in [-0.1, -0.05) is 111 Å². The van der Waals surface area contributed by atoms with Crippen molar-refractivity contribution in [2.24, 2.45) is 35.5 Å². The topological polar surface area (TPSA) is 395 Å². The summed E-state index contributed by atoms with van der Waals surface area (Å²) in [5.41, 5.74) is 1.13. The van der Waals surface area contributed by atoms with Crippen molar-refractivity contribution < 1.29 is 91.9 Å². The number of rotatable bonds is 39. The summed E-state index contributed by atoms with van der Waals surface area (Å²) in [6.45, 7) is 19.1. The molecule has 11 amide bonds. The summed E-state index contributed by atoms with van der Waals surface area (Å²) in [5.74, 6) is -14.0. The van der Waals surface area contributed by atoms with Crippen molar-refractivity contribution in [3.8, 4) is 0 Å². The van der Waals surface area contributed by atoms with Gasteiger partial charge in [0.2, 0.25) is 47.3 Å². The first-order valence-corrected chi connectivity index (χ1v) is 33.7. The first-order chi connectivity index (χ1) is 46.6. The third kappa shape index (κ3) is 23.7. The maximum absolute atomic E-state index is 14.8. The number of ether oxygens (including phenoxy) is 3. The maximum atomic E-state index is 14.8. The summed E-state index contributed by atoms with van der Waals surface area (Å²) in [6, 6.07) is 6.27. The number of hydrogen-bond acceptors (Lipinski definition) is 17. The SMILES string of the molecule is CC[C@H](C)[C@@H]([C@@H](CC(=O)N1CCC[C@H]1[C@H](OC)[C@@H](C)C(=O)N[C@H](C)[C@@H](O)c1ccccc1)OC)N(C)C(=O)[C@@H](NC(=O)[C@H](C(C)C)N(C)C(=O)OCc1ccc(NC(=O)[C@H](CC(C(=O)O)C(=O)O)NC(=O)[C@H](C)NC(=O)[C@@H](CCC(C)C)NC(=O)CCN2C(=O)C=CC2=O)cc1)C(C)C. The molecule has 0 aliphatic carbocycles. The Hall–Kier alpha value is -8.83. The van der Waals surface area contributed by atoms with E-state index in [0.717, 1.165) is 22.0 Å². The minimum atomic E-state index is -2.17. The molecule has 99 heavy (non-hydrogen) atoms. The minimum Gasteiger partial charge on any atom is -0.481 e. The lowest BCUT2D eigenvalue weighted by Gasteiger charge is -2.41. The van der Waals surface area contributed by atoms with Crippen LogP contribution < -0.4 is 31.9 Å². The number of carboxylic acid groups (broad SMARTS) is 2. The Morgan fingerprint density at radius 2 is 1.29 bits per heavy atom. The van der Waals surface area contributed by atoms with Crippen LogP contribution in [0.3, 0.4) is 0 Å². The number of carboxylic acids is 2. The van der Waals surface area contributed by atoms with Gasteiger partial charge in [-0.2, -0.15) is 0 Å². The Morgan fingerprint density at radius 3 is 1.84 bits per heavy atom. The molecule has 548 valence electrons. The van der Waals surface area contributed by atoms with E-state index in [-0.39, 0.29) is 61.8 Å². The smallest absolute Gasteiger partial charge is 0.410 e. The monoisotopic (exact) mass is 1390 g/mol. The molecule has 0 saturated carbocycles. The molecule has 0 unspecified atom stereocenters. The Balaban J connectivity index is 1.41. The van der Waals surface area contributed by atoms with Gasteiger partial charge in [0, 0.05) is 72.1 Å². The van der Waals surface area contributed by atoms with Crippen molar-refractivity contribution in [2.45, 2.75) is 201 Å². The molecule has 1 fully saturated rings. The molecule has 0 bridgehead atoms. The number of methoxy groups -OCH3 is 2. The largest absolute Gasteiger partial charge is 0.481 e. The van der Waals surface area contributed by atoms with Crippen molar-refractivity contribution in [2.75, 3.05) is 46.7 Å². The number of amides is 11. The van der Waals surface area contributed by atoms with Gasteiger partial charge in [-0.25, -0.2) is 4.79 Å². The van der Waals surface area contributed by atoms with Crippen molar-refractivity contribution in [3.05, 3.63) is 77.9 Å². The molecule has 29 nitrogen and oxygen atoms in total. The molecule has 0 radical (unpaired) electrons. The number of aliphatic hydroxyl groups excluding tert-OH is 1. The number of benzene rings is 2. The first-order valence-electron chi connectivity index (χ1n) is 33.7. The number of nitrogens with one attached hydrogen (secondary N) is 6. The fourth-order valence-corrected chi connectivity index (χ4v) is 12.2. The van der Waals surface area contributed by atoms with Crippen molar-refractivity contribution >= 4 is 82.8 Å². The summed E-state index contributed by atoms with van der Waals surface area (Å²) >= 11 is 0. The molecule has 2 aromatic rings. The van der Waals surface area contributed by atoms with Crippen LogP contribution in [0, 0.1) is 35.5 Å². The summed E-state index contributed by atoms with van der Waals surface area (Å²) < 4.78 is 17.7. The van der Waals surface area contributed by atoms with Gasteiger partial charge in [-0.05, 0) is 86.5 Å². The van der Waals surface area contributed by atoms with E-state index in [9.17, 15) is 77.6 Å². The molecule has 0 aromatic heterocycles. The zero-order chi connectivity index (χ0) is 74.3. The second kappa shape index (κ2) is 39.1. The van der Waals surface area contributed by atoms with Crippen LogP contribution in [0.1, 0.15) is 145 Å². The maximum Gasteiger partial charge on any atom is 0.410 e. The van der Waals surface area contributed by atoms with Gasteiger partial charge in [0.15, 0.2) is 5.92 Å². The van der Waals surface area contributed by atoms with Crippen molar-refractivity contribution in [1.82, 2.24) is 46.2 Å². The second-order valence-electron chi connectivity index (χ2n) is 26.8. The number of likely N-dealkylation sites (tertiary alicyclic amines) is 1. The zero-order valence-electron chi connectivity index (χ0n) is 59.6. The van der Waals surface area contributed by atoms with Gasteiger partial charge in [-0.15, -0.1) is 0 Å². The van der Waals surface area contributed by atoms with Crippen LogP contribution in [0.2, 0.25) is 0 Å². The van der Waals surface area contributed by atoms with Crippen molar-refractivity contribution in [3.63, 3.8) is 0 Å². The number of aliphatic carboxylic acids is 2. The number of carbonyl (C=O) groups excluding carboxylic acids is 11. The highest BCUT2D eigenvalue weighted by Crippen LogP contribution is 2.31. The van der Waals surface area contributed by atoms with E-state index in [4.69, 9.17) is 14.2 Å². The number of hydrogen-bond donors (Lipinski definition) is 9. The molecule has 4 rings (SSSR count). The number of nitrogens with zero attached hydrogens (tertiary/aromatic N) is 4. The Kier molecular flexibility index (Phi) is 32.6. The number of aliphatic hydroxyl groups is 1. The van der Waals surface area contributed by atoms with E-state index in [0.29, 0.717) is 43.4 Å². The molecule has 1 saturated heterocycles. The predicted molar refractivity (Wildman–Crippen MR) is 363 cm³/mol. The number of imide groups is 1. The lowest BCUT2D eigenvalue weighted by molar-refractivity contribution is -0.155. The fraction of sp³-hybridized carbons (Fsp3) is 0.614. The van der Waals surface area contributed by atoms with E-state index in [2.05, 4.69) is 31.9 Å². The van der Waals surface area contributed by atoms with Gasteiger partial charge in [0.05, 0.1) is 48.8 Å². The fourth-order valence-electron chi connectivity index (χ4n) is 12.2. The van der Waals surface area contributed by atoms with Gasteiger partial charge < -0.3 is 71.2 Å². The first kappa shape index (κ1) is 82.6. The minimum absolute atomic E-state index is 0.0812. The number of likely N-dealkylation sites (N-methyl/N-ethyl adjacent to an activating group) is 2. The highest BCUT2D eigenvalue weighted by atomic mass is 16.6. The standard InChI is InChI=1S/C70H104N10O19/c1-16-41(8)59(52(97-14)36-56(84)79-33-20-23-51(79)61(98-15)42(9)62(86)71-43(10)60(85)46-21-18-17-19-22-46)77(12)67(91)57(39(4)5)76-66(90)58(40(6)7)78(13)70(96)99-37-45-25-27-47(28-26-45)73-65(89)50(35-48(68(92)93)69(94)95)75-63(87)44(11)72-64(88)49(29-24-38(2)3)74-53(81)32-34-80-54(82)30-31-55(80)83/h17-19,21-22,25-28,30-31,38-44,48-52,57-61,85H,16,20,23-24,29,32-37H2,1-15H3,(H,71,86)(H,72,88)(H,73,89)(H,74,81)(H,75,87)(H,76,90)(H,92,93)(H,94,95)/t41-,42+,43+,44-,49+,50-,51-,52+,57-,58-,59-,60+,61+/m0/s1. The van der Waals surface area contributed by atoms with E-state index in [1.54, 1.807) is 77.8 Å². The Morgan fingerprint density at radius 1 is 0.677 bits per heavy atom. The quantitative estimate of drug-likeness (QED) is 0.0338. The zero-order valence-corrected chi connectivity index (χ0v) is 59.6. The Labute approximate surface area is 579 Å². The van der Waals surface area contributed by atoms with Crippen molar-refractivity contribution in [1.29, 1.82) is 0 Å². The summed E-state index contributed by atoms with van der Waals surface area (Å²) in [7, 11) is 5.95. The third-order valence-electron chi connectivity index (χ3n) is 18.3. The van der Waals surface area contributed by atoms with Crippen LogP contribution in [-0.2, 0) is 78.4 Å². The van der Waals surface area contributed by atoms with E-state index >= 15 is 0 Å². The molecule has 2 aliphatic heterocycles. The number of anilines is 1. The highest BCUT2D eigenvalue weighted by molar-refractivity contribution is 6.13. The molecule has 2 heterocycles. The molecule has 0 spiro atoms. The third-order valence-corrected chi connectivity index (χ3v) is 18.3. The molecule has 2 aromatic carbocycles. The van der Waals surface area contributed by atoms with Crippen LogP contribution in [0.5, 0.6) is 0 Å². The molecule has 13 atom stereocenters. The average molecular weight is 1390 g/mol. The highest BCUT2D eigenvalue weighted by Gasteiger charge is 2.44. The molecule has 29 heteroatoms. The lowest BCUT2D eigenvalue weighted by Crippen LogP contribution is -2.60. The second-order valence-corrected chi connectivity index (χ2v) is 26.8. The Bertz CT molecular complexity index is 3130. The lowest BCUT2D eigenvalue weighted by atomic mass is 9.89. The van der Waals surface area contributed by atoms with Gasteiger partial charge in [0.1, 0.15) is 36.8 Å².